The number of carbonyl (C=O) groups is 2. The van der Waals surface area contributed by atoms with E-state index in [1.165, 1.54) is 77.0 Å². The van der Waals surface area contributed by atoms with Crippen molar-refractivity contribution in [3.8, 4) is 0 Å². The zero-order valence-corrected chi connectivity index (χ0v) is 50.9. The summed E-state index contributed by atoms with van der Waals surface area (Å²) >= 11 is 0. The largest absolute Gasteiger partial charge is 0.472 e. The molecule has 448 valence electrons. The number of phosphoric ester groups is 1. The van der Waals surface area contributed by atoms with Crippen LogP contribution in [0.15, 0.2) is 146 Å². The summed E-state index contributed by atoms with van der Waals surface area (Å²) < 4.78 is 33.1. The van der Waals surface area contributed by atoms with Crippen LogP contribution < -0.4 is 5.73 Å². The lowest BCUT2D eigenvalue weighted by Gasteiger charge is -2.19. The summed E-state index contributed by atoms with van der Waals surface area (Å²) in [5, 5.41) is 0. The Morgan fingerprint density at radius 1 is 0.380 bits per heavy atom. The Balaban J connectivity index is 4.01. The summed E-state index contributed by atoms with van der Waals surface area (Å²) in [4.78, 5) is 35.3. The second-order valence-corrected chi connectivity index (χ2v) is 21.6. The van der Waals surface area contributed by atoms with Gasteiger partial charge < -0.3 is 20.1 Å². The Bertz CT molecular complexity index is 1800. The third kappa shape index (κ3) is 62.9. The monoisotopic (exact) mass is 1120 g/mol. The van der Waals surface area contributed by atoms with Crippen molar-refractivity contribution in [2.75, 3.05) is 26.4 Å². The number of ether oxygens (including phenoxy) is 2. The van der Waals surface area contributed by atoms with E-state index in [-0.39, 0.29) is 32.6 Å². The van der Waals surface area contributed by atoms with Gasteiger partial charge in [-0.3, -0.25) is 18.6 Å². The Hall–Kier alpha value is -4.11. The molecule has 0 spiro atoms. The molecule has 3 N–H and O–H groups in total. The number of phosphoric acid groups is 1. The molecule has 0 saturated heterocycles. The third-order valence-electron chi connectivity index (χ3n) is 12.7. The lowest BCUT2D eigenvalue weighted by molar-refractivity contribution is -0.161. The van der Waals surface area contributed by atoms with Gasteiger partial charge in [0.15, 0.2) is 6.10 Å². The van der Waals surface area contributed by atoms with Gasteiger partial charge in [-0.1, -0.05) is 262 Å². The second kappa shape index (κ2) is 63.1. The van der Waals surface area contributed by atoms with Gasteiger partial charge in [0, 0.05) is 19.4 Å². The standard InChI is InChI=1S/C69H114NO8P/c1-3-5-7-9-11-13-15-17-19-21-23-25-27-29-31-33-35-37-39-41-43-45-47-49-51-53-55-57-59-61-68(71)75-65-67(66-77-79(73,74)76-64-63-70)78-69(72)62-60-58-56-54-52-50-48-46-44-42-40-38-36-34-32-30-28-26-24-22-20-18-16-14-12-10-8-6-4-2/h5-8,11-14,17-20,23-26,29-32,35-38,67H,3-4,9-10,15-16,21-22,27-28,33-34,39-66,70H2,1-2H3,(H,73,74)/b7-5-,8-6-,13-11-,14-12-,19-17-,20-18-,25-23-,26-24-,31-29-,32-30-,37-35-,38-36-. The molecular formula is C69H114NO8P. The summed E-state index contributed by atoms with van der Waals surface area (Å²) in [6.45, 7) is 3.50. The number of rotatable bonds is 57. The number of unbranched alkanes of at least 4 members (excludes halogenated alkanes) is 20. The lowest BCUT2D eigenvalue weighted by atomic mass is 10.0. The maximum Gasteiger partial charge on any atom is 0.472 e. The minimum Gasteiger partial charge on any atom is -0.462 e. The molecule has 0 aliphatic heterocycles. The van der Waals surface area contributed by atoms with E-state index in [0.717, 1.165) is 135 Å². The Morgan fingerprint density at radius 2 is 0.658 bits per heavy atom. The van der Waals surface area contributed by atoms with E-state index in [1.54, 1.807) is 0 Å². The van der Waals surface area contributed by atoms with Gasteiger partial charge in [-0.2, -0.15) is 0 Å². The first-order valence-corrected chi connectivity index (χ1v) is 32.8. The molecule has 10 heteroatoms. The van der Waals surface area contributed by atoms with Crippen LogP contribution in [0.4, 0.5) is 0 Å². The van der Waals surface area contributed by atoms with Crippen molar-refractivity contribution in [2.24, 2.45) is 5.73 Å². The maximum atomic E-state index is 12.7. The van der Waals surface area contributed by atoms with Gasteiger partial charge >= 0.3 is 19.8 Å². The highest BCUT2D eigenvalue weighted by Gasteiger charge is 2.26. The molecule has 0 rings (SSSR count). The molecule has 0 bridgehead atoms. The van der Waals surface area contributed by atoms with Crippen LogP contribution in [0.5, 0.6) is 0 Å². The summed E-state index contributed by atoms with van der Waals surface area (Å²) in [7, 11) is -4.40. The number of nitrogens with two attached hydrogens (primary N) is 1. The SMILES string of the molecule is CC/C=C\C/C=C\C/C=C\C/C=C\C/C=C\C/C=C\CCCCCCCCCCCCC(=O)OCC(COP(=O)(O)OCCN)OC(=O)CCCCCCCCCCCC/C=C\C/C=C\C/C=C\C/C=C\C/C=C\C/C=C\CC. The summed E-state index contributed by atoms with van der Waals surface area (Å²) in [6.07, 6.45) is 90.4. The summed E-state index contributed by atoms with van der Waals surface area (Å²) in [5.41, 5.74) is 5.39. The van der Waals surface area contributed by atoms with Crippen LogP contribution in [0, 0.1) is 0 Å². The molecule has 0 saturated carbocycles. The molecule has 0 aromatic rings. The number of hydrogen-bond acceptors (Lipinski definition) is 8. The summed E-state index contributed by atoms with van der Waals surface area (Å²) in [5.74, 6) is -0.845. The van der Waals surface area contributed by atoms with Gasteiger partial charge in [-0.25, -0.2) is 4.57 Å². The second-order valence-electron chi connectivity index (χ2n) is 20.2. The van der Waals surface area contributed by atoms with Crippen LogP contribution >= 0.6 is 7.82 Å². The van der Waals surface area contributed by atoms with E-state index in [4.69, 9.17) is 24.3 Å². The molecule has 0 aromatic carbocycles. The van der Waals surface area contributed by atoms with E-state index in [9.17, 15) is 19.0 Å². The van der Waals surface area contributed by atoms with Crippen LogP contribution in [0.3, 0.4) is 0 Å². The van der Waals surface area contributed by atoms with Crippen molar-refractivity contribution in [2.45, 2.75) is 251 Å². The van der Waals surface area contributed by atoms with Crippen molar-refractivity contribution in [3.05, 3.63) is 146 Å². The van der Waals surface area contributed by atoms with E-state index >= 15 is 0 Å². The van der Waals surface area contributed by atoms with Gasteiger partial charge in [-0.15, -0.1) is 0 Å². The fourth-order valence-electron chi connectivity index (χ4n) is 8.17. The molecule has 0 aliphatic carbocycles. The first kappa shape index (κ1) is 74.9. The first-order valence-electron chi connectivity index (χ1n) is 31.3. The third-order valence-corrected chi connectivity index (χ3v) is 13.7. The number of esters is 2. The van der Waals surface area contributed by atoms with Crippen LogP contribution in [-0.4, -0.2) is 49.3 Å². The van der Waals surface area contributed by atoms with Crippen LogP contribution in [-0.2, 0) is 32.7 Å². The zero-order valence-electron chi connectivity index (χ0n) is 50.0. The predicted molar refractivity (Wildman–Crippen MR) is 339 cm³/mol. The highest BCUT2D eigenvalue weighted by molar-refractivity contribution is 7.47. The van der Waals surface area contributed by atoms with Crippen molar-refractivity contribution in [3.63, 3.8) is 0 Å². The van der Waals surface area contributed by atoms with Gasteiger partial charge in [0.05, 0.1) is 13.2 Å². The minimum absolute atomic E-state index is 0.0447. The average Bonchev–Trinajstić information content (AvgIpc) is 3.44. The molecule has 9 nitrogen and oxygen atoms in total. The number of allylic oxidation sites excluding steroid dienone is 24. The molecule has 0 heterocycles. The zero-order chi connectivity index (χ0) is 57.3. The molecule has 2 unspecified atom stereocenters. The van der Waals surface area contributed by atoms with Crippen LogP contribution in [0.2, 0.25) is 0 Å². The van der Waals surface area contributed by atoms with E-state index in [1.807, 2.05) is 0 Å². The van der Waals surface area contributed by atoms with Crippen molar-refractivity contribution >= 4 is 19.8 Å². The minimum atomic E-state index is -4.40. The Kier molecular flexibility index (Phi) is 59.8. The van der Waals surface area contributed by atoms with Crippen molar-refractivity contribution < 1.29 is 37.6 Å². The van der Waals surface area contributed by atoms with Crippen molar-refractivity contribution in [1.82, 2.24) is 0 Å². The average molecular weight is 1120 g/mol. The summed E-state index contributed by atoms with van der Waals surface area (Å²) in [6, 6.07) is 0. The van der Waals surface area contributed by atoms with E-state index < -0.39 is 32.5 Å². The van der Waals surface area contributed by atoms with E-state index in [2.05, 4.69) is 160 Å². The first-order chi connectivity index (χ1) is 38.8. The van der Waals surface area contributed by atoms with Crippen LogP contribution in [0.25, 0.3) is 0 Å². The van der Waals surface area contributed by atoms with Gasteiger partial charge in [0.2, 0.25) is 0 Å². The smallest absolute Gasteiger partial charge is 0.462 e. The van der Waals surface area contributed by atoms with Gasteiger partial charge in [0.1, 0.15) is 6.61 Å². The fourth-order valence-corrected chi connectivity index (χ4v) is 8.94. The predicted octanol–water partition coefficient (Wildman–Crippen LogP) is 20.3. The molecule has 2 atom stereocenters. The van der Waals surface area contributed by atoms with Gasteiger partial charge in [-0.05, 0) is 116 Å². The molecule has 0 radical (unpaired) electrons. The molecule has 79 heavy (non-hydrogen) atoms. The Morgan fingerprint density at radius 3 is 0.975 bits per heavy atom. The Labute approximate surface area is 484 Å². The molecule has 0 aromatic heterocycles. The molecule has 0 amide bonds. The molecule has 0 fully saturated rings. The van der Waals surface area contributed by atoms with E-state index in [0.29, 0.717) is 6.42 Å². The van der Waals surface area contributed by atoms with Crippen molar-refractivity contribution in [1.29, 1.82) is 0 Å². The number of hydrogen-bond donors (Lipinski definition) is 2. The molecule has 0 aliphatic rings. The highest BCUT2D eigenvalue weighted by Crippen LogP contribution is 2.43. The van der Waals surface area contributed by atoms with Crippen LogP contribution in [0.1, 0.15) is 245 Å². The quantitative estimate of drug-likeness (QED) is 0.0264. The van der Waals surface area contributed by atoms with Gasteiger partial charge in [0.25, 0.3) is 0 Å². The highest BCUT2D eigenvalue weighted by atomic mass is 31.2. The molecular weight excluding hydrogens is 1000 g/mol. The normalized spacial score (nSPS) is 14.0. The topological polar surface area (TPSA) is 134 Å². The maximum absolute atomic E-state index is 12.7. The number of carbonyl (C=O) groups excluding carboxylic acids is 2. The fraction of sp³-hybridized carbons (Fsp3) is 0.623. The lowest BCUT2D eigenvalue weighted by Crippen LogP contribution is -2.29.